The lowest BCUT2D eigenvalue weighted by atomic mass is 10.1. The number of sulfonamides is 1. The standard InChI is InChI=1S/C25H32ClN5O8S/c1-14-6-15(2)23(16(3)7-14)40(37,38)30-20(24(33)34)11-29-22(32)13-39-19-8-18(31(12-19)25(35)36)10-28-21-5-4-17(26)9-27-21/h4-7,9,18-20,30H,8,10-13H2,1-3H3,(H,27,28)(H,29,32)(H,33,34)(H,35,36). The van der Waals surface area contributed by atoms with Crippen molar-refractivity contribution in [1.82, 2.24) is 19.9 Å². The molecule has 0 radical (unpaired) electrons. The molecule has 1 aliphatic rings. The van der Waals surface area contributed by atoms with Gasteiger partial charge in [0.1, 0.15) is 18.5 Å². The zero-order valence-corrected chi connectivity index (χ0v) is 23.8. The number of anilines is 1. The number of nitrogens with one attached hydrogen (secondary N) is 3. The lowest BCUT2D eigenvalue weighted by Crippen LogP contribution is -2.49. The second kappa shape index (κ2) is 13.3. The molecule has 40 heavy (non-hydrogen) atoms. The van der Waals surface area contributed by atoms with E-state index in [0.717, 1.165) is 5.56 Å². The molecule has 15 heteroatoms. The van der Waals surface area contributed by atoms with Gasteiger partial charge in [-0.25, -0.2) is 18.2 Å². The number of pyridine rings is 1. The van der Waals surface area contributed by atoms with Crippen LogP contribution in [0.15, 0.2) is 35.4 Å². The van der Waals surface area contributed by atoms with Crippen molar-refractivity contribution in [2.45, 2.75) is 50.3 Å². The molecule has 0 bridgehead atoms. The number of rotatable bonds is 12. The Bertz CT molecular complexity index is 1330. The van der Waals surface area contributed by atoms with E-state index in [1.165, 1.54) is 11.1 Å². The van der Waals surface area contributed by atoms with Gasteiger partial charge >= 0.3 is 12.1 Å². The molecule has 2 aromatic rings. The van der Waals surface area contributed by atoms with Crippen molar-refractivity contribution in [3.05, 3.63) is 52.2 Å². The third-order valence-electron chi connectivity index (χ3n) is 6.29. The van der Waals surface area contributed by atoms with E-state index in [2.05, 4.69) is 20.3 Å². The smallest absolute Gasteiger partial charge is 0.407 e. The molecule has 0 spiro atoms. The van der Waals surface area contributed by atoms with Crippen LogP contribution >= 0.6 is 11.6 Å². The van der Waals surface area contributed by atoms with E-state index in [9.17, 15) is 33.0 Å². The zero-order valence-electron chi connectivity index (χ0n) is 22.2. The number of carboxylic acids is 1. The van der Waals surface area contributed by atoms with E-state index in [0.29, 0.717) is 28.4 Å². The molecule has 1 aliphatic heterocycles. The fourth-order valence-corrected chi connectivity index (χ4v) is 6.36. The number of benzene rings is 1. The number of carboxylic acid groups (broad SMARTS) is 2. The van der Waals surface area contributed by atoms with E-state index in [1.54, 1.807) is 38.1 Å². The Labute approximate surface area is 236 Å². The van der Waals surface area contributed by atoms with Gasteiger partial charge in [-0.3, -0.25) is 9.59 Å². The van der Waals surface area contributed by atoms with Gasteiger partial charge in [-0.2, -0.15) is 4.72 Å². The number of aliphatic carboxylic acids is 1. The van der Waals surface area contributed by atoms with Gasteiger partial charge in [0.05, 0.1) is 28.6 Å². The molecule has 218 valence electrons. The van der Waals surface area contributed by atoms with Crippen LogP contribution in [-0.2, 0) is 24.3 Å². The predicted molar refractivity (Wildman–Crippen MR) is 146 cm³/mol. The van der Waals surface area contributed by atoms with Crippen LogP contribution in [0.1, 0.15) is 23.1 Å². The maximum atomic E-state index is 12.9. The number of hydrogen-bond acceptors (Lipinski definition) is 8. The summed E-state index contributed by atoms with van der Waals surface area (Å²) in [5.74, 6) is -1.62. The average Bonchev–Trinajstić information content (AvgIpc) is 3.27. The number of amides is 2. The summed E-state index contributed by atoms with van der Waals surface area (Å²) >= 11 is 5.82. The second-order valence-electron chi connectivity index (χ2n) is 9.54. The van der Waals surface area contributed by atoms with Crippen molar-refractivity contribution in [3.63, 3.8) is 0 Å². The Kier molecular flexibility index (Phi) is 10.3. The third-order valence-corrected chi connectivity index (χ3v) is 8.29. The lowest BCUT2D eigenvalue weighted by molar-refractivity contribution is -0.139. The van der Waals surface area contributed by atoms with Crippen molar-refractivity contribution in [2.75, 3.05) is 31.6 Å². The van der Waals surface area contributed by atoms with Gasteiger partial charge < -0.3 is 30.5 Å². The van der Waals surface area contributed by atoms with Crippen LogP contribution in [0.25, 0.3) is 0 Å². The van der Waals surface area contributed by atoms with Gasteiger partial charge in [0.2, 0.25) is 15.9 Å². The molecule has 2 amide bonds. The second-order valence-corrected chi connectivity index (χ2v) is 11.6. The first-order chi connectivity index (χ1) is 18.8. The summed E-state index contributed by atoms with van der Waals surface area (Å²) < 4.78 is 33.6. The summed E-state index contributed by atoms with van der Waals surface area (Å²) in [6, 6.07) is 4.60. The van der Waals surface area contributed by atoms with Gasteiger partial charge in [0, 0.05) is 19.3 Å². The maximum Gasteiger partial charge on any atom is 0.407 e. The van der Waals surface area contributed by atoms with Crippen LogP contribution < -0.4 is 15.4 Å². The summed E-state index contributed by atoms with van der Waals surface area (Å²) in [4.78, 5) is 41.1. The average molecular weight is 598 g/mol. The van der Waals surface area contributed by atoms with Crippen LogP contribution in [-0.4, -0.2) is 90.9 Å². The molecule has 3 atom stereocenters. The minimum Gasteiger partial charge on any atom is -0.480 e. The Morgan fingerprint density at radius 1 is 1.18 bits per heavy atom. The summed E-state index contributed by atoms with van der Waals surface area (Å²) in [5, 5.41) is 25.0. The first-order valence-corrected chi connectivity index (χ1v) is 14.2. The molecule has 3 unspecified atom stereocenters. The van der Waals surface area contributed by atoms with E-state index >= 15 is 0 Å². The first kappa shape index (κ1) is 31.1. The Hall–Kier alpha value is -3.46. The molecular formula is C25H32ClN5O8S. The highest BCUT2D eigenvalue weighted by atomic mass is 35.5. The van der Waals surface area contributed by atoms with Gasteiger partial charge in [0.15, 0.2) is 0 Å². The first-order valence-electron chi connectivity index (χ1n) is 12.3. The fourth-order valence-electron chi connectivity index (χ4n) is 4.60. The van der Waals surface area contributed by atoms with Crippen LogP contribution in [0.5, 0.6) is 0 Å². The van der Waals surface area contributed by atoms with E-state index in [1.807, 2.05) is 6.92 Å². The fraction of sp³-hybridized carbons (Fsp3) is 0.440. The normalized spacial score (nSPS) is 17.9. The number of likely N-dealkylation sites (tertiary alicyclic amines) is 1. The maximum absolute atomic E-state index is 12.9. The SMILES string of the molecule is Cc1cc(C)c(S(=O)(=O)NC(CNC(=O)COC2CC(CNc3ccc(Cl)cn3)N(C(=O)O)C2)C(=O)O)c(C)c1. The highest BCUT2D eigenvalue weighted by molar-refractivity contribution is 7.89. The van der Waals surface area contributed by atoms with Gasteiger partial charge in [-0.15, -0.1) is 0 Å². The third kappa shape index (κ3) is 8.27. The van der Waals surface area contributed by atoms with Crippen molar-refractivity contribution >= 4 is 45.4 Å². The number of ether oxygens (including phenoxy) is 1. The summed E-state index contributed by atoms with van der Waals surface area (Å²) in [6.45, 7) is 4.37. The molecule has 0 aliphatic carbocycles. The molecule has 0 saturated carbocycles. The van der Waals surface area contributed by atoms with E-state index in [-0.39, 0.29) is 18.0 Å². The van der Waals surface area contributed by atoms with Gasteiger partial charge in [-0.1, -0.05) is 29.3 Å². The number of carbonyl (C=O) groups is 3. The van der Waals surface area contributed by atoms with Gasteiger partial charge in [-0.05, 0) is 50.5 Å². The van der Waals surface area contributed by atoms with Crippen LogP contribution in [0.3, 0.4) is 0 Å². The summed E-state index contributed by atoms with van der Waals surface area (Å²) in [5.41, 5.74) is 1.80. The van der Waals surface area contributed by atoms with Crippen molar-refractivity contribution in [2.24, 2.45) is 0 Å². The van der Waals surface area contributed by atoms with Gasteiger partial charge in [0.25, 0.3) is 0 Å². The van der Waals surface area contributed by atoms with Crippen molar-refractivity contribution in [1.29, 1.82) is 0 Å². The number of aromatic nitrogens is 1. The Morgan fingerprint density at radius 2 is 1.85 bits per heavy atom. The molecule has 5 N–H and O–H groups in total. The number of carbonyl (C=O) groups excluding carboxylic acids is 1. The van der Waals surface area contributed by atoms with Crippen molar-refractivity contribution < 1.29 is 37.8 Å². The monoisotopic (exact) mass is 597 g/mol. The molecule has 2 heterocycles. The number of halogens is 1. The van der Waals surface area contributed by atoms with Crippen molar-refractivity contribution in [3.8, 4) is 0 Å². The molecule has 1 saturated heterocycles. The van der Waals surface area contributed by atoms with Crippen LogP contribution in [0.2, 0.25) is 5.02 Å². The largest absolute Gasteiger partial charge is 0.480 e. The van der Waals surface area contributed by atoms with E-state index < -0.39 is 59.3 Å². The Balaban J connectivity index is 1.52. The molecule has 3 rings (SSSR count). The quantitative estimate of drug-likeness (QED) is 0.241. The van der Waals surface area contributed by atoms with E-state index in [4.69, 9.17) is 16.3 Å². The zero-order chi connectivity index (χ0) is 29.6. The Morgan fingerprint density at radius 3 is 2.42 bits per heavy atom. The molecule has 13 nitrogen and oxygen atoms in total. The van der Waals surface area contributed by atoms with Crippen LogP contribution in [0.4, 0.5) is 10.6 Å². The highest BCUT2D eigenvalue weighted by Crippen LogP contribution is 2.23. The molecule has 1 aromatic carbocycles. The lowest BCUT2D eigenvalue weighted by Gasteiger charge is -2.21. The molecule has 1 aromatic heterocycles. The summed E-state index contributed by atoms with van der Waals surface area (Å²) in [7, 11) is -4.20. The topological polar surface area (TPSA) is 187 Å². The summed E-state index contributed by atoms with van der Waals surface area (Å²) in [6.07, 6.45) is 0.0604. The number of hydrogen-bond donors (Lipinski definition) is 5. The molecular weight excluding hydrogens is 566 g/mol. The predicted octanol–water partition coefficient (Wildman–Crippen LogP) is 1.76. The van der Waals surface area contributed by atoms with Crippen LogP contribution in [0, 0.1) is 20.8 Å². The number of aryl methyl sites for hydroxylation is 3. The minimum absolute atomic E-state index is 0.0147. The molecule has 1 fully saturated rings. The minimum atomic E-state index is -4.20. The highest BCUT2D eigenvalue weighted by Gasteiger charge is 2.36. The number of nitrogens with zero attached hydrogens (tertiary/aromatic N) is 2.